The SMILES string of the molecule is C=P(C)(C)CC[C@H]1O[C@@H](n2cc(CC(=O)OC)c(=O)[nH]c2=O)[C@H](O)[C@@H]1O.C=P(C)(C)CC[C@H]1O[C@@H](n2cc(CC)c(=O)[nH]c2=O)[C@H](O)[C@@H]1O.C=P(C)(C)CC[C@H]1O[C@@H](n2cc(CC)c(=O)[nH]c2=S)[C@H](O)[C@@H]1O.C=P(C)(C)CC[C@H]1O[C@@H](n2cc(CNC(C)=O)c(=O)[nH]c2=O)[C@H](O)[C@@H]1O.C=P(C)(C)CC[C@H]1O[C@@H](n2cc(OCC(C)=O)c(=O)[nH]c2=O)[C@H](O)[C@@H]1O. The van der Waals surface area contributed by atoms with Crippen molar-refractivity contribution in [3.8, 4) is 5.75 Å². The Morgan fingerprint density at radius 2 is 0.661 bits per heavy atom. The van der Waals surface area contributed by atoms with Crippen molar-refractivity contribution >= 4 is 95.8 Å². The number of rotatable bonds is 29. The number of nitrogens with zero attached hydrogens (tertiary/aromatic N) is 5. The normalized spacial score (nSPS) is 26.8. The summed E-state index contributed by atoms with van der Waals surface area (Å²) in [6, 6.07) is 0. The third kappa shape index (κ3) is 30.1. The van der Waals surface area contributed by atoms with Crippen LogP contribution >= 0.6 is 46.6 Å². The van der Waals surface area contributed by atoms with Crippen molar-refractivity contribution in [2.75, 3.05) is 111 Å². The van der Waals surface area contributed by atoms with Gasteiger partial charge in [0.05, 0.1) is 55.8 Å². The van der Waals surface area contributed by atoms with Gasteiger partial charge in [0.15, 0.2) is 41.7 Å². The highest BCUT2D eigenvalue weighted by atomic mass is 32.1. The van der Waals surface area contributed by atoms with Gasteiger partial charge in [0.1, 0.15) is 67.6 Å². The van der Waals surface area contributed by atoms with Crippen LogP contribution in [0, 0.1) is 4.77 Å². The molecule has 0 spiro atoms. The lowest BCUT2D eigenvalue weighted by atomic mass is 10.1. The number of Topliss-reactive ketones (excluding diaryl/α,β-unsaturated/α-hetero) is 1. The first-order chi connectivity index (χ1) is 57.3. The average molecular weight is 1870 g/mol. The minimum atomic E-state index is -1.35. The highest BCUT2D eigenvalue weighted by Crippen LogP contribution is 2.44. The van der Waals surface area contributed by atoms with Crippen LogP contribution in [0.4, 0.5) is 0 Å². The molecule has 10 heterocycles. The van der Waals surface area contributed by atoms with E-state index in [1.807, 2.05) is 33.6 Å². The minimum Gasteiger partial charge on any atom is -0.479 e. The molecule has 0 unspecified atom stereocenters. The fourth-order valence-corrected chi connectivity index (χ4v) is 18.4. The second-order valence-electron chi connectivity index (χ2n) is 34.8. The van der Waals surface area contributed by atoms with Gasteiger partial charge < -0.3 is 89.5 Å². The predicted octanol–water partition coefficient (Wildman–Crippen LogP) is -1.91. The zero-order chi connectivity index (χ0) is 93.7. The van der Waals surface area contributed by atoms with Gasteiger partial charge in [0.2, 0.25) is 11.7 Å². The van der Waals surface area contributed by atoms with Crippen LogP contribution < -0.4 is 60.6 Å². The topological polar surface area (TPSA) is 587 Å². The van der Waals surface area contributed by atoms with Crippen molar-refractivity contribution < 1.29 is 98.6 Å². The average Bonchev–Trinajstić information content (AvgIpc) is 1.65. The van der Waals surface area contributed by atoms with Gasteiger partial charge in [-0.2, -0.15) is 0 Å². The number of carbonyl (C=O) groups is 3. The van der Waals surface area contributed by atoms with Crippen LogP contribution in [0.3, 0.4) is 0 Å². The number of H-pyrrole nitrogens is 5. The van der Waals surface area contributed by atoms with Crippen LogP contribution in [-0.4, -0.2) is 351 Å². The van der Waals surface area contributed by atoms with Crippen molar-refractivity contribution in [2.45, 2.75) is 208 Å². The molecule has 16 N–H and O–H groups in total. The number of aliphatic hydroxyl groups is 10. The Hall–Kier alpha value is -6.87. The second-order valence-corrected chi connectivity index (χ2v) is 56.8. The number of nitrogens with one attached hydrogen (secondary N) is 6. The summed E-state index contributed by atoms with van der Waals surface area (Å²) in [7, 11) is 1.18. The predicted molar refractivity (Wildman–Crippen MR) is 486 cm³/mol. The number of aliphatic hydroxyl groups excluding tert-OH is 10. The maximum absolute atomic E-state index is 12.1. The summed E-state index contributed by atoms with van der Waals surface area (Å²) in [5.41, 5.74) is -4.74. The van der Waals surface area contributed by atoms with Gasteiger partial charge >= 0.3 is 28.7 Å². The summed E-state index contributed by atoms with van der Waals surface area (Å²) in [5.74, 6) is -1.52. The number of ketones is 1. The van der Waals surface area contributed by atoms with Crippen LogP contribution in [-0.2, 0) is 68.6 Å². The van der Waals surface area contributed by atoms with E-state index in [1.165, 1.54) is 37.9 Å². The fraction of sp³-hybridized carbons (Fsp3) is 0.641. The van der Waals surface area contributed by atoms with E-state index >= 15 is 0 Å². The smallest absolute Gasteiger partial charge is 0.330 e. The van der Waals surface area contributed by atoms with E-state index < -0.39 is 208 Å². The monoisotopic (exact) mass is 1870 g/mol. The van der Waals surface area contributed by atoms with Crippen molar-refractivity contribution in [2.24, 2.45) is 0 Å². The fourth-order valence-electron chi connectivity index (χ4n) is 13.4. The number of carbonyl (C=O) groups excluding carboxylic acids is 3. The molecule has 5 fully saturated rings. The van der Waals surface area contributed by atoms with Gasteiger partial charge in [-0.25, -0.2) is 19.2 Å². The lowest BCUT2D eigenvalue weighted by molar-refractivity contribution is -0.139. The molecule has 5 saturated heterocycles. The van der Waals surface area contributed by atoms with Gasteiger partial charge in [-0.1, -0.05) is 13.8 Å². The number of hydrogen-bond donors (Lipinski definition) is 16. The maximum Gasteiger partial charge on any atom is 0.330 e. The molecule has 10 rings (SSSR count). The van der Waals surface area contributed by atoms with E-state index in [-0.39, 0.29) is 58.5 Å². The molecule has 124 heavy (non-hydrogen) atoms. The van der Waals surface area contributed by atoms with E-state index in [0.29, 0.717) is 56.1 Å². The summed E-state index contributed by atoms with van der Waals surface area (Å²) in [5, 5.41) is 105. The highest BCUT2D eigenvalue weighted by Gasteiger charge is 2.49. The van der Waals surface area contributed by atoms with Crippen LogP contribution in [0.25, 0.3) is 0 Å². The molecule has 5 aliphatic rings. The summed E-state index contributed by atoms with van der Waals surface area (Å²) in [6.07, 6.45) is 14.2. The molecule has 0 saturated carbocycles. The molecule has 40 nitrogen and oxygen atoms in total. The highest BCUT2D eigenvalue weighted by molar-refractivity contribution is 7.73. The van der Waals surface area contributed by atoms with E-state index in [4.69, 9.17) is 40.6 Å². The largest absolute Gasteiger partial charge is 0.479 e. The number of aromatic nitrogens is 10. The third-order valence-corrected chi connectivity index (χ3v) is 28.2. The number of aryl methyl sites for hydroxylation is 2. The first-order valence-corrected chi connectivity index (χ1v) is 55.6. The molecule has 5 aromatic heterocycles. The first-order valence-electron chi connectivity index (χ1n) is 39.9. The Morgan fingerprint density at radius 1 is 0.403 bits per heavy atom. The van der Waals surface area contributed by atoms with Gasteiger partial charge in [-0.05, 0) is 162 Å². The summed E-state index contributed by atoms with van der Waals surface area (Å²) in [4.78, 5) is 152. The Balaban J connectivity index is 0.000000240. The standard InChI is InChI=1S/C16H26N3O6P.2C16H25N2O7P.C15H25N2O5P.C15H25N2O4PS/c1-9(20)17-7-10-8-19(16(24)18-14(10)23)15-13(22)12(21)11(25-15)5-6-26(2,3)4;1-24-11(19)7-9-8-18(16(23)17-14(9)22)15-13(21)12(20)10(25-15)5-6-26(2,3)4;1-9(19)8-24-11-7-18(16(23)17-14(11)22)15-13(21)12(20)10(25-15)5-6-26(2,3)4;1-5-9-8-17(15(21)16-13(9)20)14-12(19)11(18)10(22-14)6-7-23(2,3)4;1-5-9-8-17(15(23)16-13(9)20)14-12(19)11(18)10(21-14)6-7-22(2,3)4/h8,11-13,15,21-22H,2,5-7H2,1,3-4H3,(H,17,20)(H,18,23,24);8,10,12-13,15,20-21H,2,5-7H2,1,3-4H3,(H,17,22,23);7,10,12-13,15,20-21H,2,5-6,8H2,1,3-4H3,(H,17,22,23);8,10-12,14,18-19H,2,5-7H2,1,3-4H3,(H,16,20,21);8,10-12,14,18-19H,2,5-7H2,1,3-4H3,(H,16,20,23)/t11-,12-,13-,15-;2*10-,12-,13-,15-;2*10-,11-,12-,14-/m11111/s1. The molecule has 1 amide bonds. The Bertz CT molecular complexity index is 5190. The number of methoxy groups -OCH3 is 1. The Kier molecular flexibility index (Phi) is 38.4. The first kappa shape index (κ1) is 106. The van der Waals surface area contributed by atoms with Crippen molar-refractivity contribution in [3.05, 3.63) is 152 Å². The van der Waals surface area contributed by atoms with Crippen LogP contribution in [0.5, 0.6) is 5.75 Å². The quantitative estimate of drug-likeness (QED) is 0.0141. The molecule has 0 aliphatic carbocycles. The Morgan fingerprint density at radius 3 is 0.952 bits per heavy atom. The summed E-state index contributed by atoms with van der Waals surface area (Å²) < 4.78 is 44.1. The number of esters is 1. The molecule has 46 heteroatoms. The lowest BCUT2D eigenvalue weighted by Gasteiger charge is -2.19. The molecular formula is C78H126N11O29P5S. The second kappa shape index (κ2) is 44.9. The number of hydrogen-bond acceptors (Lipinski definition) is 30. The van der Waals surface area contributed by atoms with Crippen molar-refractivity contribution in [1.82, 2.24) is 53.1 Å². The molecule has 698 valence electrons. The lowest BCUT2D eigenvalue weighted by Crippen LogP contribution is -2.39. The maximum atomic E-state index is 12.1. The molecular weight excluding hydrogens is 1740 g/mol. The van der Waals surface area contributed by atoms with Crippen LogP contribution in [0.2, 0.25) is 0 Å². The van der Waals surface area contributed by atoms with Gasteiger partial charge in [0, 0.05) is 54.9 Å². The van der Waals surface area contributed by atoms with E-state index in [9.17, 15) is 109 Å². The summed E-state index contributed by atoms with van der Waals surface area (Å²) in [6.45, 7) is 20.1. The minimum absolute atomic E-state index is 0.00462. The molecule has 5 aromatic rings. The molecule has 0 radical (unpaired) electrons. The third-order valence-electron chi connectivity index (χ3n) is 20.5. The number of amides is 1. The van der Waals surface area contributed by atoms with Crippen LogP contribution in [0.15, 0.2) is 74.1 Å². The van der Waals surface area contributed by atoms with E-state index in [0.717, 1.165) is 61.5 Å². The molecule has 0 aromatic carbocycles. The number of aromatic amines is 5. The zero-order valence-electron chi connectivity index (χ0n) is 72.7. The van der Waals surface area contributed by atoms with Crippen molar-refractivity contribution in [1.29, 1.82) is 0 Å². The van der Waals surface area contributed by atoms with E-state index in [2.05, 4.69) is 106 Å². The molecule has 20 atom stereocenters. The van der Waals surface area contributed by atoms with Crippen LogP contribution in [0.1, 0.15) is 113 Å². The van der Waals surface area contributed by atoms with Gasteiger partial charge in [-0.15, -0.1) is 65.9 Å². The Labute approximate surface area is 720 Å². The molecule has 5 aliphatic heterocycles. The molecule has 0 bridgehead atoms. The number of ether oxygens (including phenoxy) is 7. The summed E-state index contributed by atoms with van der Waals surface area (Å²) >= 11 is 5.17. The van der Waals surface area contributed by atoms with Gasteiger partial charge in [-0.3, -0.25) is 86.1 Å². The van der Waals surface area contributed by atoms with Gasteiger partial charge in [0.25, 0.3) is 27.8 Å². The van der Waals surface area contributed by atoms with Crippen molar-refractivity contribution in [3.63, 3.8) is 0 Å². The zero-order valence-corrected chi connectivity index (χ0v) is 78.0. The van der Waals surface area contributed by atoms with E-state index in [1.54, 1.807) is 13.1 Å².